The smallest absolute Gasteiger partial charge is 0.201 e. The Morgan fingerprint density at radius 3 is 2.73 bits per heavy atom. The van der Waals surface area contributed by atoms with Gasteiger partial charge in [0, 0.05) is 18.9 Å². The molecule has 1 saturated heterocycles. The van der Waals surface area contributed by atoms with Gasteiger partial charge in [-0.2, -0.15) is 0 Å². The highest BCUT2D eigenvalue weighted by Crippen LogP contribution is 2.17. The Bertz CT molecular complexity index is 403. The van der Waals surface area contributed by atoms with E-state index in [1.54, 1.807) is 0 Å². The van der Waals surface area contributed by atoms with Gasteiger partial charge in [0.05, 0.1) is 11.4 Å². The minimum atomic E-state index is -3.27. The molecule has 2 heterocycles. The van der Waals surface area contributed by atoms with Crippen LogP contribution in [0.3, 0.4) is 0 Å². The molecule has 7 heteroatoms. The summed E-state index contributed by atoms with van der Waals surface area (Å²) in [5.74, 6) is 0. The summed E-state index contributed by atoms with van der Waals surface area (Å²) in [5, 5.41) is 2.75. The molecule has 2 rings (SSSR count). The summed E-state index contributed by atoms with van der Waals surface area (Å²) in [6, 6.07) is 0. The topological polar surface area (TPSA) is 72.0 Å². The van der Waals surface area contributed by atoms with Gasteiger partial charge >= 0.3 is 0 Å². The van der Waals surface area contributed by atoms with Crippen LogP contribution in [0.1, 0.15) is 6.42 Å². The molecule has 84 valence electrons. The first-order valence-electron chi connectivity index (χ1n) is 4.42. The van der Waals surface area contributed by atoms with Crippen LogP contribution in [0.2, 0.25) is 0 Å². The first kappa shape index (κ1) is 12.4. The van der Waals surface area contributed by atoms with Crippen molar-refractivity contribution < 1.29 is 8.42 Å². The van der Waals surface area contributed by atoms with Crippen LogP contribution in [0.5, 0.6) is 0 Å². The van der Waals surface area contributed by atoms with E-state index in [0.29, 0.717) is 13.0 Å². The van der Waals surface area contributed by atoms with Gasteiger partial charge in [0.2, 0.25) is 9.84 Å². The highest BCUT2D eigenvalue weighted by molar-refractivity contribution is 7.92. The number of halogens is 1. The SMILES string of the molecule is Cl.O=S(=O)(c1cnccn1)[C@H]1CCNC1. The van der Waals surface area contributed by atoms with E-state index in [4.69, 9.17) is 0 Å². The fourth-order valence-corrected chi connectivity index (χ4v) is 3.02. The third-order valence-electron chi connectivity index (χ3n) is 2.28. The summed E-state index contributed by atoms with van der Waals surface area (Å²) in [4.78, 5) is 7.58. The number of hydrogen-bond donors (Lipinski definition) is 1. The molecule has 5 nitrogen and oxygen atoms in total. The second-order valence-corrected chi connectivity index (χ2v) is 5.38. The highest BCUT2D eigenvalue weighted by atomic mass is 35.5. The maximum absolute atomic E-state index is 11.9. The van der Waals surface area contributed by atoms with Crippen LogP contribution in [0.15, 0.2) is 23.6 Å². The van der Waals surface area contributed by atoms with Crippen LogP contribution in [-0.2, 0) is 9.84 Å². The standard InChI is InChI=1S/C8H11N3O2S.ClH/c12-14(13,7-1-2-9-5-7)8-6-10-3-4-11-8;/h3-4,6-7,9H,1-2,5H2;1H/t7-;/m0./s1. The van der Waals surface area contributed by atoms with E-state index in [1.165, 1.54) is 18.6 Å². The van der Waals surface area contributed by atoms with E-state index >= 15 is 0 Å². The lowest BCUT2D eigenvalue weighted by Crippen LogP contribution is -2.24. The van der Waals surface area contributed by atoms with Gasteiger partial charge < -0.3 is 5.32 Å². The van der Waals surface area contributed by atoms with Crippen molar-refractivity contribution in [3.05, 3.63) is 18.6 Å². The third-order valence-corrected chi connectivity index (χ3v) is 4.36. The predicted octanol–water partition coefficient (Wildman–Crippen LogP) is 0.0340. The van der Waals surface area contributed by atoms with Gasteiger partial charge in [-0.1, -0.05) is 0 Å². The molecule has 0 aliphatic carbocycles. The van der Waals surface area contributed by atoms with Gasteiger partial charge in [-0.15, -0.1) is 12.4 Å². The maximum atomic E-state index is 11.9. The van der Waals surface area contributed by atoms with Gasteiger partial charge in [-0.3, -0.25) is 4.98 Å². The van der Waals surface area contributed by atoms with Crippen molar-refractivity contribution in [3.63, 3.8) is 0 Å². The fourth-order valence-electron chi connectivity index (χ4n) is 1.50. The van der Waals surface area contributed by atoms with Crippen molar-refractivity contribution in [2.45, 2.75) is 16.7 Å². The maximum Gasteiger partial charge on any atom is 0.201 e. The van der Waals surface area contributed by atoms with E-state index in [-0.39, 0.29) is 22.7 Å². The Hall–Kier alpha value is -0.720. The number of hydrogen-bond acceptors (Lipinski definition) is 5. The van der Waals surface area contributed by atoms with Crippen molar-refractivity contribution in [2.24, 2.45) is 0 Å². The van der Waals surface area contributed by atoms with Crippen LogP contribution in [0, 0.1) is 0 Å². The monoisotopic (exact) mass is 249 g/mol. The molecule has 0 saturated carbocycles. The number of aromatic nitrogens is 2. The van der Waals surface area contributed by atoms with Crippen molar-refractivity contribution in [1.82, 2.24) is 15.3 Å². The van der Waals surface area contributed by atoms with Crippen LogP contribution >= 0.6 is 12.4 Å². The summed E-state index contributed by atoms with van der Waals surface area (Å²) in [6.07, 6.45) is 4.81. The third kappa shape index (κ3) is 2.45. The highest BCUT2D eigenvalue weighted by Gasteiger charge is 2.31. The lowest BCUT2D eigenvalue weighted by Gasteiger charge is -2.08. The molecule has 0 aromatic carbocycles. The van der Waals surface area contributed by atoms with Crippen LogP contribution in [0.4, 0.5) is 0 Å². The molecule has 1 N–H and O–H groups in total. The van der Waals surface area contributed by atoms with Gasteiger partial charge in [-0.05, 0) is 13.0 Å². The van der Waals surface area contributed by atoms with Crippen molar-refractivity contribution >= 4 is 22.2 Å². The van der Waals surface area contributed by atoms with Crippen molar-refractivity contribution in [3.8, 4) is 0 Å². The molecule has 0 amide bonds. The zero-order chi connectivity index (χ0) is 10.0. The second-order valence-electron chi connectivity index (χ2n) is 3.20. The van der Waals surface area contributed by atoms with Crippen LogP contribution in [0.25, 0.3) is 0 Å². The molecule has 0 unspecified atom stereocenters. The molecule has 15 heavy (non-hydrogen) atoms. The Morgan fingerprint density at radius 2 is 2.20 bits per heavy atom. The molecule has 1 atom stereocenters. The van der Waals surface area contributed by atoms with E-state index in [2.05, 4.69) is 15.3 Å². The van der Waals surface area contributed by atoms with Gasteiger partial charge in [0.1, 0.15) is 0 Å². The second kappa shape index (κ2) is 4.87. The normalized spacial score (nSPS) is 20.9. The van der Waals surface area contributed by atoms with E-state index in [9.17, 15) is 8.42 Å². The molecule has 0 radical (unpaired) electrons. The molecule has 0 spiro atoms. The molecule has 1 aliphatic rings. The average Bonchev–Trinajstić information content (AvgIpc) is 2.72. The summed E-state index contributed by atoms with van der Waals surface area (Å²) < 4.78 is 23.8. The molecule has 0 bridgehead atoms. The van der Waals surface area contributed by atoms with Gasteiger partial charge in [0.15, 0.2) is 5.03 Å². The average molecular weight is 250 g/mol. The predicted molar refractivity (Wildman–Crippen MR) is 57.7 cm³/mol. The Morgan fingerprint density at radius 1 is 1.40 bits per heavy atom. The van der Waals surface area contributed by atoms with E-state index in [0.717, 1.165) is 6.54 Å². The zero-order valence-electron chi connectivity index (χ0n) is 7.96. The molecular formula is C8H12ClN3O2S. The quantitative estimate of drug-likeness (QED) is 0.801. The number of sulfone groups is 1. The molecule has 1 aromatic rings. The van der Waals surface area contributed by atoms with Crippen LogP contribution in [-0.4, -0.2) is 36.7 Å². The zero-order valence-corrected chi connectivity index (χ0v) is 9.59. The lowest BCUT2D eigenvalue weighted by molar-refractivity contribution is 0.578. The minimum Gasteiger partial charge on any atom is -0.315 e. The minimum absolute atomic E-state index is 0. The molecule has 1 fully saturated rings. The Kier molecular flexibility index (Phi) is 4.01. The Balaban J connectivity index is 0.00000112. The lowest BCUT2D eigenvalue weighted by atomic mass is 10.4. The fraction of sp³-hybridized carbons (Fsp3) is 0.500. The molecule has 1 aliphatic heterocycles. The number of nitrogens with zero attached hydrogens (tertiary/aromatic N) is 2. The Labute approximate surface area is 94.7 Å². The number of rotatable bonds is 2. The summed E-state index contributed by atoms with van der Waals surface area (Å²) in [5.41, 5.74) is 0. The summed E-state index contributed by atoms with van der Waals surface area (Å²) >= 11 is 0. The summed E-state index contributed by atoms with van der Waals surface area (Å²) in [6.45, 7) is 1.27. The van der Waals surface area contributed by atoms with Gasteiger partial charge in [0.25, 0.3) is 0 Å². The van der Waals surface area contributed by atoms with E-state index in [1.807, 2.05) is 0 Å². The number of nitrogens with one attached hydrogen (secondary N) is 1. The molecular weight excluding hydrogens is 238 g/mol. The molecule has 1 aromatic heterocycles. The van der Waals surface area contributed by atoms with Gasteiger partial charge in [-0.25, -0.2) is 13.4 Å². The van der Waals surface area contributed by atoms with Crippen LogP contribution < -0.4 is 5.32 Å². The first-order chi connectivity index (χ1) is 6.71. The van der Waals surface area contributed by atoms with Crippen molar-refractivity contribution in [1.29, 1.82) is 0 Å². The van der Waals surface area contributed by atoms with E-state index < -0.39 is 9.84 Å². The van der Waals surface area contributed by atoms with Crippen molar-refractivity contribution in [2.75, 3.05) is 13.1 Å². The first-order valence-corrected chi connectivity index (χ1v) is 5.96. The largest absolute Gasteiger partial charge is 0.315 e. The summed E-state index contributed by atoms with van der Waals surface area (Å²) in [7, 11) is -3.27.